The number of benzene rings is 1. The normalized spacial score (nSPS) is 11.3. The molecule has 0 radical (unpaired) electrons. The van der Waals surface area contributed by atoms with Crippen LogP contribution in [0.15, 0.2) is 41.3 Å². The van der Waals surface area contributed by atoms with Crippen LogP contribution in [0.25, 0.3) is 5.69 Å². The van der Waals surface area contributed by atoms with Crippen molar-refractivity contribution in [1.29, 1.82) is 0 Å². The zero-order chi connectivity index (χ0) is 14.9. The largest absolute Gasteiger partial charge is 0.416 e. The van der Waals surface area contributed by atoms with Crippen LogP contribution in [0.2, 0.25) is 0 Å². The first kappa shape index (κ1) is 13.8. The molecule has 8 heteroatoms. The number of hydrogen-bond acceptors (Lipinski definition) is 3. The number of carbonyl (C=O) groups excluding carboxylic acids is 1. The maximum Gasteiger partial charge on any atom is 0.416 e. The average molecular weight is 283 g/mol. The molecule has 0 aliphatic rings. The van der Waals surface area contributed by atoms with Gasteiger partial charge in [-0.15, -0.1) is 0 Å². The lowest BCUT2D eigenvalue weighted by atomic mass is 10.2. The lowest BCUT2D eigenvalue weighted by Crippen LogP contribution is -2.25. The number of alkyl halides is 3. The van der Waals surface area contributed by atoms with Crippen molar-refractivity contribution in [1.82, 2.24) is 9.78 Å². The highest BCUT2D eigenvalue weighted by Crippen LogP contribution is 2.30. The van der Waals surface area contributed by atoms with E-state index in [4.69, 9.17) is 5.73 Å². The second-order valence-electron chi connectivity index (χ2n) is 3.89. The van der Waals surface area contributed by atoms with Crippen LogP contribution in [0.5, 0.6) is 0 Å². The van der Waals surface area contributed by atoms with Gasteiger partial charge in [0, 0.05) is 12.3 Å². The van der Waals surface area contributed by atoms with Gasteiger partial charge in [0.25, 0.3) is 5.91 Å². The minimum absolute atomic E-state index is 0.0577. The summed E-state index contributed by atoms with van der Waals surface area (Å²) < 4.78 is 38.8. The smallest absolute Gasteiger partial charge is 0.364 e. The van der Waals surface area contributed by atoms with Crippen molar-refractivity contribution in [3.63, 3.8) is 0 Å². The Morgan fingerprint density at radius 2 is 1.95 bits per heavy atom. The number of amides is 1. The van der Waals surface area contributed by atoms with Crippen molar-refractivity contribution in [2.75, 3.05) is 0 Å². The highest BCUT2D eigenvalue weighted by Gasteiger charge is 2.30. The molecule has 0 bridgehead atoms. The molecule has 2 rings (SSSR count). The number of nitrogens with zero attached hydrogens (tertiary/aromatic N) is 2. The molecule has 1 aromatic heterocycles. The second-order valence-corrected chi connectivity index (χ2v) is 3.89. The van der Waals surface area contributed by atoms with E-state index in [1.807, 2.05) is 0 Å². The van der Waals surface area contributed by atoms with E-state index in [1.54, 1.807) is 0 Å². The first-order valence-corrected chi connectivity index (χ1v) is 5.36. The SMILES string of the molecule is NC(=O)c1nn(-c2cccc(C(F)(F)F)c2)ccc1=O. The number of carbonyl (C=O) groups is 1. The lowest BCUT2D eigenvalue weighted by molar-refractivity contribution is -0.137. The Bertz CT molecular complexity index is 722. The van der Waals surface area contributed by atoms with E-state index in [0.29, 0.717) is 0 Å². The van der Waals surface area contributed by atoms with Crippen molar-refractivity contribution >= 4 is 5.91 Å². The highest BCUT2D eigenvalue weighted by molar-refractivity contribution is 5.90. The van der Waals surface area contributed by atoms with Crippen LogP contribution >= 0.6 is 0 Å². The summed E-state index contributed by atoms with van der Waals surface area (Å²) in [6.07, 6.45) is -3.34. The van der Waals surface area contributed by atoms with Crippen LogP contribution in [-0.4, -0.2) is 15.7 Å². The van der Waals surface area contributed by atoms with Crippen molar-refractivity contribution in [2.45, 2.75) is 6.18 Å². The fourth-order valence-electron chi connectivity index (χ4n) is 1.55. The molecule has 0 unspecified atom stereocenters. The van der Waals surface area contributed by atoms with Gasteiger partial charge in [0.15, 0.2) is 5.69 Å². The van der Waals surface area contributed by atoms with Gasteiger partial charge in [0.05, 0.1) is 11.3 Å². The van der Waals surface area contributed by atoms with Crippen LogP contribution in [0, 0.1) is 0 Å². The van der Waals surface area contributed by atoms with Crippen LogP contribution in [0.3, 0.4) is 0 Å². The summed E-state index contributed by atoms with van der Waals surface area (Å²) in [4.78, 5) is 22.3. The third-order valence-electron chi connectivity index (χ3n) is 2.48. The van der Waals surface area contributed by atoms with Gasteiger partial charge in [-0.05, 0) is 18.2 Å². The molecule has 0 saturated heterocycles. The molecule has 2 aromatic rings. The summed E-state index contributed by atoms with van der Waals surface area (Å²) >= 11 is 0. The highest BCUT2D eigenvalue weighted by atomic mass is 19.4. The molecule has 104 valence electrons. The molecular weight excluding hydrogens is 275 g/mol. The Hall–Kier alpha value is -2.64. The van der Waals surface area contributed by atoms with E-state index in [0.717, 1.165) is 29.1 Å². The van der Waals surface area contributed by atoms with Gasteiger partial charge >= 0.3 is 6.18 Å². The molecule has 0 aliphatic heterocycles. The standard InChI is InChI=1S/C12H8F3N3O2/c13-12(14,15)7-2-1-3-8(6-7)18-5-4-9(19)10(17-18)11(16)20/h1-6H,(H2,16,20). The minimum atomic E-state index is -4.50. The minimum Gasteiger partial charge on any atom is -0.364 e. The van der Waals surface area contributed by atoms with E-state index in [1.165, 1.54) is 12.1 Å². The predicted octanol–water partition coefficient (Wildman–Crippen LogP) is 1.35. The number of rotatable bonds is 2. The van der Waals surface area contributed by atoms with Crippen LogP contribution in [0.4, 0.5) is 13.2 Å². The molecule has 5 nitrogen and oxygen atoms in total. The van der Waals surface area contributed by atoms with Crippen LogP contribution < -0.4 is 11.2 Å². The number of aromatic nitrogens is 2. The van der Waals surface area contributed by atoms with E-state index < -0.39 is 28.8 Å². The Labute approximate surface area is 110 Å². The summed E-state index contributed by atoms with van der Waals surface area (Å²) in [5.41, 5.74) is 2.93. The van der Waals surface area contributed by atoms with Crippen molar-refractivity contribution in [2.24, 2.45) is 5.73 Å². The first-order chi connectivity index (χ1) is 9.29. The first-order valence-electron chi connectivity index (χ1n) is 5.36. The van der Waals surface area contributed by atoms with Crippen LogP contribution in [0.1, 0.15) is 16.1 Å². The Morgan fingerprint density at radius 1 is 1.25 bits per heavy atom. The molecule has 0 atom stereocenters. The molecule has 20 heavy (non-hydrogen) atoms. The van der Waals surface area contributed by atoms with Gasteiger partial charge in [0.2, 0.25) is 5.43 Å². The summed E-state index contributed by atoms with van der Waals surface area (Å²) in [5.74, 6) is -1.05. The predicted molar refractivity (Wildman–Crippen MR) is 63.4 cm³/mol. The van der Waals surface area contributed by atoms with Gasteiger partial charge in [-0.3, -0.25) is 9.59 Å². The molecule has 1 aromatic carbocycles. The fourth-order valence-corrected chi connectivity index (χ4v) is 1.55. The van der Waals surface area contributed by atoms with Crippen molar-refractivity contribution in [3.8, 4) is 5.69 Å². The Balaban J connectivity index is 2.55. The topological polar surface area (TPSA) is 78.0 Å². The molecular formula is C12H8F3N3O2. The van der Waals surface area contributed by atoms with Gasteiger partial charge in [-0.25, -0.2) is 4.68 Å². The zero-order valence-corrected chi connectivity index (χ0v) is 9.89. The lowest BCUT2D eigenvalue weighted by Gasteiger charge is -2.10. The van der Waals surface area contributed by atoms with Gasteiger partial charge < -0.3 is 5.73 Å². The number of halogens is 3. The molecule has 0 fully saturated rings. The third-order valence-corrected chi connectivity index (χ3v) is 2.48. The quantitative estimate of drug-likeness (QED) is 0.903. The van der Waals surface area contributed by atoms with Gasteiger partial charge in [-0.2, -0.15) is 18.3 Å². The zero-order valence-electron chi connectivity index (χ0n) is 9.89. The molecule has 2 N–H and O–H groups in total. The summed E-state index contributed by atoms with van der Waals surface area (Å²) in [6.45, 7) is 0. The van der Waals surface area contributed by atoms with Crippen LogP contribution in [-0.2, 0) is 6.18 Å². The van der Waals surface area contributed by atoms with E-state index >= 15 is 0 Å². The van der Waals surface area contributed by atoms with Crippen molar-refractivity contribution in [3.05, 3.63) is 58.0 Å². The van der Waals surface area contributed by atoms with E-state index in [2.05, 4.69) is 5.10 Å². The molecule has 0 aliphatic carbocycles. The summed E-state index contributed by atoms with van der Waals surface area (Å²) in [5, 5.41) is 3.63. The monoisotopic (exact) mass is 283 g/mol. The van der Waals surface area contributed by atoms with Gasteiger partial charge in [-0.1, -0.05) is 6.07 Å². The average Bonchev–Trinajstić information content (AvgIpc) is 2.38. The third kappa shape index (κ3) is 2.68. The molecule has 0 saturated carbocycles. The second kappa shape index (κ2) is 4.80. The maximum absolute atomic E-state index is 12.6. The van der Waals surface area contributed by atoms with Gasteiger partial charge in [0.1, 0.15) is 0 Å². The Kier molecular flexibility index (Phi) is 3.31. The number of primary amides is 1. The summed E-state index contributed by atoms with van der Waals surface area (Å²) in [7, 11) is 0. The maximum atomic E-state index is 12.6. The molecule has 1 heterocycles. The molecule has 1 amide bonds. The molecule has 0 spiro atoms. The summed E-state index contributed by atoms with van der Waals surface area (Å²) in [6, 6.07) is 5.32. The Morgan fingerprint density at radius 3 is 2.55 bits per heavy atom. The van der Waals surface area contributed by atoms with E-state index in [-0.39, 0.29) is 5.69 Å². The number of nitrogens with two attached hydrogens (primary N) is 1. The van der Waals surface area contributed by atoms with E-state index in [9.17, 15) is 22.8 Å². The number of hydrogen-bond donors (Lipinski definition) is 1. The fraction of sp³-hybridized carbons (Fsp3) is 0.0833. The van der Waals surface area contributed by atoms with Crippen molar-refractivity contribution < 1.29 is 18.0 Å².